The molecule has 0 spiro atoms. The van der Waals surface area contributed by atoms with Crippen LogP contribution in [0.1, 0.15) is 96.3 Å². The Kier molecular flexibility index (Phi) is 7.05. The van der Waals surface area contributed by atoms with E-state index >= 15 is 0 Å². The monoisotopic (exact) mass is 568 g/mol. The molecule has 3 fully saturated rings. The summed E-state index contributed by atoms with van der Waals surface area (Å²) in [4.78, 5) is 0. The van der Waals surface area contributed by atoms with Gasteiger partial charge in [-0.15, -0.1) is 0 Å². The Morgan fingerprint density at radius 1 is 0.615 bits per heavy atom. The molecule has 0 bridgehead atoms. The van der Waals surface area contributed by atoms with Gasteiger partial charge in [0.2, 0.25) is 0 Å². The maximum atomic E-state index is 6.60. The predicted molar refractivity (Wildman–Crippen MR) is 117 cm³/mol. The molecule has 1 aromatic rings. The second-order valence-corrected chi connectivity index (χ2v) is 28.9. The summed E-state index contributed by atoms with van der Waals surface area (Å²) in [5.41, 5.74) is 0. The molecule has 144 valence electrons. The molecule has 0 heterocycles. The molecular formula is C24H37ClPb. The van der Waals surface area contributed by atoms with E-state index in [1.54, 1.807) is 38.5 Å². The molecule has 0 saturated heterocycles. The third-order valence-electron chi connectivity index (χ3n) is 8.17. The Morgan fingerprint density at radius 3 is 1.42 bits per heavy atom. The summed E-state index contributed by atoms with van der Waals surface area (Å²) in [6, 6.07) is 9.44. The first-order chi connectivity index (χ1) is 12.8. The van der Waals surface area contributed by atoms with Crippen LogP contribution >= 0.6 is 11.6 Å². The molecule has 3 aliphatic carbocycles. The van der Waals surface area contributed by atoms with E-state index in [0.29, 0.717) is 0 Å². The van der Waals surface area contributed by atoms with Gasteiger partial charge in [-0.1, -0.05) is 0 Å². The van der Waals surface area contributed by atoms with Crippen molar-refractivity contribution < 1.29 is 0 Å². The van der Waals surface area contributed by atoms with Crippen molar-refractivity contribution in [1.82, 2.24) is 0 Å². The third-order valence-corrected chi connectivity index (χ3v) is 36.0. The second-order valence-electron chi connectivity index (χ2n) is 9.45. The summed E-state index contributed by atoms with van der Waals surface area (Å²) in [5, 5.41) is 1.01. The molecule has 2 heteroatoms. The van der Waals surface area contributed by atoms with Crippen molar-refractivity contribution in [1.29, 1.82) is 0 Å². The quantitative estimate of drug-likeness (QED) is 0.323. The Balaban J connectivity index is 1.82. The van der Waals surface area contributed by atoms with Gasteiger partial charge in [0.1, 0.15) is 0 Å². The Morgan fingerprint density at radius 2 is 1.04 bits per heavy atom. The normalized spacial score (nSPS) is 24.7. The SMILES string of the molecule is Clc1ccc[c]([Pb]([CH]2CCCCC2)([CH]2CCCCC2)[CH]2CCCCC2)c1. The van der Waals surface area contributed by atoms with Crippen LogP contribution in [0.2, 0.25) is 15.5 Å². The number of benzene rings is 1. The van der Waals surface area contributed by atoms with Crippen LogP contribution in [0, 0.1) is 0 Å². The first kappa shape index (κ1) is 19.7. The molecular weight excluding hydrogens is 531 g/mol. The zero-order valence-electron chi connectivity index (χ0n) is 16.5. The van der Waals surface area contributed by atoms with Crippen molar-refractivity contribution in [3.05, 3.63) is 29.3 Å². The summed E-state index contributed by atoms with van der Waals surface area (Å²) in [5.74, 6) is 0. The number of rotatable bonds is 4. The van der Waals surface area contributed by atoms with Gasteiger partial charge in [0.05, 0.1) is 0 Å². The molecule has 0 unspecified atom stereocenters. The molecule has 0 radical (unpaired) electrons. The molecule has 4 rings (SSSR count). The first-order valence-corrected chi connectivity index (χ1v) is 20.6. The van der Waals surface area contributed by atoms with Gasteiger partial charge < -0.3 is 0 Å². The van der Waals surface area contributed by atoms with E-state index in [4.69, 9.17) is 11.6 Å². The van der Waals surface area contributed by atoms with E-state index in [0.717, 1.165) is 15.5 Å². The van der Waals surface area contributed by atoms with Crippen molar-refractivity contribution in [3.8, 4) is 0 Å². The van der Waals surface area contributed by atoms with Crippen LogP contribution in [0.25, 0.3) is 0 Å². The summed E-state index contributed by atoms with van der Waals surface area (Å²) < 4.78 is 5.18. The van der Waals surface area contributed by atoms with Gasteiger partial charge in [0, 0.05) is 0 Å². The molecule has 1 aromatic carbocycles. The van der Waals surface area contributed by atoms with Crippen molar-refractivity contribution >= 4 is 35.9 Å². The van der Waals surface area contributed by atoms with Crippen LogP contribution in [-0.4, -0.2) is 21.2 Å². The zero-order chi connectivity index (χ0) is 17.8. The Bertz CT molecular complexity index is 520. The topological polar surface area (TPSA) is 0 Å². The number of hydrogen-bond donors (Lipinski definition) is 0. The van der Waals surface area contributed by atoms with Gasteiger partial charge in [-0.2, -0.15) is 0 Å². The summed E-state index contributed by atoms with van der Waals surface area (Å²) in [7, 11) is 0. The van der Waals surface area contributed by atoms with E-state index in [9.17, 15) is 0 Å². The standard InChI is InChI=1S/C6H4Cl.3C6H11.Pb/c7-6-4-2-1-3-5-6;3*1-2-4-6-5-3-1;/h1-2,4-5H;3*1H,2-6H2;. The molecule has 0 aliphatic heterocycles. The summed E-state index contributed by atoms with van der Waals surface area (Å²) in [6.45, 7) is 0. The predicted octanol–water partition coefficient (Wildman–Crippen LogP) is 8.00. The van der Waals surface area contributed by atoms with Gasteiger partial charge >= 0.3 is 172 Å². The van der Waals surface area contributed by atoms with Gasteiger partial charge in [0.15, 0.2) is 0 Å². The van der Waals surface area contributed by atoms with E-state index in [2.05, 4.69) is 24.3 Å². The van der Waals surface area contributed by atoms with Crippen LogP contribution < -0.4 is 3.12 Å². The van der Waals surface area contributed by atoms with Crippen molar-refractivity contribution in [3.63, 3.8) is 0 Å². The molecule has 0 N–H and O–H groups in total. The average Bonchev–Trinajstić information content (AvgIpc) is 2.71. The van der Waals surface area contributed by atoms with Gasteiger partial charge in [-0.25, -0.2) is 0 Å². The molecule has 26 heavy (non-hydrogen) atoms. The fourth-order valence-electron chi connectivity index (χ4n) is 7.21. The summed E-state index contributed by atoms with van der Waals surface area (Å²) in [6.07, 6.45) is 22.9. The molecule has 0 aromatic heterocycles. The molecule has 0 atom stereocenters. The molecule has 3 saturated carbocycles. The Hall–Kier alpha value is 0.432. The molecule has 0 amide bonds. The average molecular weight is 568 g/mol. The fraction of sp³-hybridized carbons (Fsp3) is 0.750. The van der Waals surface area contributed by atoms with E-state index in [1.165, 1.54) is 57.8 Å². The zero-order valence-corrected chi connectivity index (χ0v) is 21.2. The second kappa shape index (κ2) is 9.29. The first-order valence-electron chi connectivity index (χ1n) is 11.6. The van der Waals surface area contributed by atoms with E-state index in [1.807, 2.05) is 3.12 Å². The number of hydrogen-bond acceptors (Lipinski definition) is 0. The number of halogens is 1. The van der Waals surface area contributed by atoms with E-state index in [-0.39, 0.29) is 0 Å². The third kappa shape index (κ3) is 3.93. The van der Waals surface area contributed by atoms with Gasteiger partial charge in [-0.05, 0) is 0 Å². The van der Waals surface area contributed by atoms with Crippen molar-refractivity contribution in [2.45, 2.75) is 107 Å². The minimum atomic E-state index is -2.78. The van der Waals surface area contributed by atoms with Crippen molar-refractivity contribution in [2.24, 2.45) is 0 Å². The van der Waals surface area contributed by atoms with Crippen molar-refractivity contribution in [2.75, 3.05) is 0 Å². The molecule has 3 aliphatic rings. The van der Waals surface area contributed by atoms with Crippen LogP contribution in [0.3, 0.4) is 0 Å². The Labute approximate surface area is 171 Å². The van der Waals surface area contributed by atoms with Gasteiger partial charge in [-0.3, -0.25) is 0 Å². The fourth-order valence-corrected chi connectivity index (χ4v) is 40.0. The van der Waals surface area contributed by atoms with Gasteiger partial charge in [0.25, 0.3) is 0 Å². The van der Waals surface area contributed by atoms with Crippen LogP contribution in [-0.2, 0) is 0 Å². The maximum absolute atomic E-state index is 6.60. The molecule has 0 nitrogen and oxygen atoms in total. The van der Waals surface area contributed by atoms with E-state index < -0.39 is 21.2 Å². The summed E-state index contributed by atoms with van der Waals surface area (Å²) >= 11 is 3.82. The van der Waals surface area contributed by atoms with Crippen LogP contribution in [0.4, 0.5) is 0 Å². The van der Waals surface area contributed by atoms with Crippen LogP contribution in [0.5, 0.6) is 0 Å². The van der Waals surface area contributed by atoms with Crippen LogP contribution in [0.15, 0.2) is 24.3 Å². The minimum absolute atomic E-state index is 1.01.